The van der Waals surface area contributed by atoms with Crippen LogP contribution in [-0.2, 0) is 0 Å². The molecular weight excluding hydrogens is 597 g/mol. The molecule has 0 aromatic rings. The normalized spacial score (nSPS) is 15.8. The van der Waals surface area contributed by atoms with Crippen LogP contribution in [0.4, 0.5) is 74.6 Å². The van der Waals surface area contributed by atoms with Crippen molar-refractivity contribution in [2.75, 3.05) is 27.3 Å². The average Bonchev–Trinajstić information content (AvgIpc) is 2.68. The highest BCUT2D eigenvalue weighted by atomic mass is 28.3. The van der Waals surface area contributed by atoms with Gasteiger partial charge in [-0.25, -0.2) is 0 Å². The SMILES string of the molecule is CN(C)C(=NC(F)(F)C(F)(F)C(F)(F)C(F)(F)C(F)(F)C(F)(F)C(F)(F)CCC(F)(F)F)N(C)C[Si](C)C. The Hall–Kier alpha value is -1.70. The summed E-state index contributed by atoms with van der Waals surface area (Å²) in [7, 11) is 1.17. The van der Waals surface area contributed by atoms with Crippen molar-refractivity contribution in [3.05, 3.63) is 0 Å². The molecule has 227 valence electrons. The zero-order chi connectivity index (χ0) is 31.1. The summed E-state index contributed by atoms with van der Waals surface area (Å²) in [5, 5.41) is 0. The van der Waals surface area contributed by atoms with Crippen molar-refractivity contribution in [3.63, 3.8) is 0 Å². The fourth-order valence-corrected chi connectivity index (χ4v) is 3.82. The van der Waals surface area contributed by atoms with Crippen LogP contribution in [0.5, 0.6) is 0 Å². The highest BCUT2D eigenvalue weighted by molar-refractivity contribution is 6.56. The molecule has 0 aliphatic carbocycles. The van der Waals surface area contributed by atoms with Gasteiger partial charge in [0.15, 0.2) is 0 Å². The minimum atomic E-state index is -8.39. The van der Waals surface area contributed by atoms with Crippen molar-refractivity contribution >= 4 is 14.8 Å². The number of hydrogen-bond acceptors (Lipinski definition) is 1. The molecule has 0 unspecified atom stereocenters. The molecule has 0 saturated heterocycles. The quantitative estimate of drug-likeness (QED) is 0.0828. The average molecular weight is 618 g/mol. The van der Waals surface area contributed by atoms with E-state index in [1.54, 1.807) is 13.1 Å². The van der Waals surface area contributed by atoms with Gasteiger partial charge >= 0.3 is 47.8 Å². The van der Waals surface area contributed by atoms with Crippen LogP contribution >= 0.6 is 0 Å². The van der Waals surface area contributed by atoms with Gasteiger partial charge in [-0.1, -0.05) is 13.1 Å². The molecule has 0 saturated carbocycles. The lowest BCUT2D eigenvalue weighted by Gasteiger charge is -2.42. The molecule has 0 fully saturated rings. The van der Waals surface area contributed by atoms with Crippen molar-refractivity contribution in [1.82, 2.24) is 9.80 Å². The third-order valence-corrected chi connectivity index (χ3v) is 5.78. The molecule has 38 heavy (non-hydrogen) atoms. The van der Waals surface area contributed by atoms with Crippen LogP contribution in [0.1, 0.15) is 12.8 Å². The van der Waals surface area contributed by atoms with Gasteiger partial charge in [0.1, 0.15) is 0 Å². The molecule has 0 amide bonds. The summed E-state index contributed by atoms with van der Waals surface area (Å²) < 4.78 is 230. The molecule has 0 aliphatic heterocycles. The number of alkyl halides is 17. The third kappa shape index (κ3) is 6.53. The van der Waals surface area contributed by atoms with Gasteiger partial charge in [-0.3, -0.25) is 0 Å². The predicted molar refractivity (Wildman–Crippen MR) is 101 cm³/mol. The summed E-state index contributed by atoms with van der Waals surface area (Å²) in [6, 6.07) is -6.74. The van der Waals surface area contributed by atoms with Gasteiger partial charge in [-0.15, -0.1) is 0 Å². The Bertz CT molecular complexity index is 836. The summed E-state index contributed by atoms with van der Waals surface area (Å²) >= 11 is 0. The minimum absolute atomic E-state index is 0.201. The summed E-state index contributed by atoms with van der Waals surface area (Å²) in [6.07, 6.45) is -12.3. The molecule has 0 bridgehead atoms. The van der Waals surface area contributed by atoms with E-state index in [9.17, 15) is 74.6 Å². The van der Waals surface area contributed by atoms with Crippen molar-refractivity contribution in [1.29, 1.82) is 0 Å². The Kier molecular flexibility index (Phi) is 10.2. The van der Waals surface area contributed by atoms with E-state index in [-0.39, 0.29) is 6.17 Å². The van der Waals surface area contributed by atoms with Gasteiger partial charge in [0.05, 0.1) is 8.80 Å². The highest BCUT2D eigenvalue weighted by Gasteiger charge is 2.93. The Balaban J connectivity index is 6.78. The first kappa shape index (κ1) is 36.3. The lowest BCUT2D eigenvalue weighted by Crippen LogP contribution is -2.73. The van der Waals surface area contributed by atoms with E-state index in [0.717, 1.165) is 21.1 Å². The summed E-state index contributed by atoms with van der Waals surface area (Å²) in [6.45, 7) is 3.09. The Morgan fingerprint density at radius 1 is 0.579 bits per heavy atom. The fraction of sp³-hybridized carbons (Fsp3) is 0.941. The summed E-state index contributed by atoms with van der Waals surface area (Å²) in [4.78, 5) is 3.10. The Morgan fingerprint density at radius 2 is 0.947 bits per heavy atom. The zero-order valence-electron chi connectivity index (χ0n) is 19.9. The standard InChI is InChI=1S/C17H21F17N3Si/c1-36(2)9(37(3)8-38(4)5)35-17(33,34)16(31,32)15(29,30)14(27,28)13(25,26)12(23,24)10(18,19)6-7-11(20,21)22/h6-8H2,1-5H3. The highest BCUT2D eigenvalue weighted by Crippen LogP contribution is 2.63. The molecular formula is C17H21F17N3Si. The van der Waals surface area contributed by atoms with Crippen LogP contribution in [0.3, 0.4) is 0 Å². The molecule has 0 spiro atoms. The number of halogens is 17. The van der Waals surface area contributed by atoms with Crippen molar-refractivity contribution in [2.24, 2.45) is 4.99 Å². The van der Waals surface area contributed by atoms with Crippen LogP contribution in [0.2, 0.25) is 13.1 Å². The molecule has 0 rings (SSSR count). The van der Waals surface area contributed by atoms with Crippen molar-refractivity contribution < 1.29 is 74.6 Å². The van der Waals surface area contributed by atoms with Gasteiger partial charge in [0.25, 0.3) is 0 Å². The number of guanidine groups is 1. The lowest BCUT2D eigenvalue weighted by atomic mass is 9.89. The Labute approximate surface area is 206 Å². The van der Waals surface area contributed by atoms with E-state index >= 15 is 0 Å². The van der Waals surface area contributed by atoms with Crippen molar-refractivity contribution in [2.45, 2.75) is 73.7 Å². The summed E-state index contributed by atoms with van der Waals surface area (Å²) in [5.74, 6) is -48.6. The minimum Gasteiger partial charge on any atom is -0.349 e. The van der Waals surface area contributed by atoms with Crippen LogP contribution in [0, 0.1) is 0 Å². The first-order valence-corrected chi connectivity index (χ1v) is 12.5. The maximum Gasteiger partial charge on any atom is 0.414 e. The van der Waals surface area contributed by atoms with Crippen molar-refractivity contribution in [3.8, 4) is 0 Å². The van der Waals surface area contributed by atoms with E-state index < -0.39 is 75.4 Å². The third-order valence-electron chi connectivity index (χ3n) is 4.67. The smallest absolute Gasteiger partial charge is 0.349 e. The van der Waals surface area contributed by atoms with E-state index in [1.165, 1.54) is 0 Å². The molecule has 0 aromatic carbocycles. The molecule has 3 nitrogen and oxygen atoms in total. The second kappa shape index (κ2) is 10.7. The summed E-state index contributed by atoms with van der Waals surface area (Å²) in [5.41, 5.74) is 0. The lowest BCUT2D eigenvalue weighted by molar-refractivity contribution is -0.441. The maximum atomic E-state index is 14.2. The van der Waals surface area contributed by atoms with E-state index in [0.29, 0.717) is 9.80 Å². The predicted octanol–water partition coefficient (Wildman–Crippen LogP) is 6.88. The van der Waals surface area contributed by atoms with Gasteiger partial charge in [-0.05, 0) is 0 Å². The van der Waals surface area contributed by atoms with Gasteiger partial charge < -0.3 is 9.80 Å². The Morgan fingerprint density at radius 3 is 1.29 bits per heavy atom. The van der Waals surface area contributed by atoms with E-state index in [4.69, 9.17) is 0 Å². The number of rotatable bonds is 11. The van der Waals surface area contributed by atoms with Crippen LogP contribution in [0.15, 0.2) is 4.99 Å². The molecule has 0 aliphatic rings. The van der Waals surface area contributed by atoms with E-state index in [1.807, 2.05) is 4.99 Å². The second-order valence-electron chi connectivity index (χ2n) is 8.60. The van der Waals surface area contributed by atoms with Gasteiger partial charge in [-0.2, -0.15) is 79.6 Å². The number of hydrogen-bond donors (Lipinski definition) is 0. The maximum absolute atomic E-state index is 14.2. The second-order valence-corrected chi connectivity index (χ2v) is 11.3. The first-order valence-electron chi connectivity index (χ1n) is 9.83. The van der Waals surface area contributed by atoms with Crippen LogP contribution in [-0.4, -0.2) is 99.6 Å². The van der Waals surface area contributed by atoms with Gasteiger partial charge in [0, 0.05) is 40.2 Å². The zero-order valence-corrected chi connectivity index (χ0v) is 20.9. The topological polar surface area (TPSA) is 18.8 Å². The molecule has 0 heterocycles. The molecule has 0 N–H and O–H groups in total. The number of aliphatic imine (C=N–C) groups is 1. The molecule has 21 heteroatoms. The van der Waals surface area contributed by atoms with E-state index in [2.05, 4.69) is 0 Å². The largest absolute Gasteiger partial charge is 0.414 e. The van der Waals surface area contributed by atoms with Gasteiger partial charge in [0.2, 0.25) is 5.96 Å². The molecule has 0 atom stereocenters. The number of nitrogens with zero attached hydrogens (tertiary/aromatic N) is 3. The van der Waals surface area contributed by atoms with Crippen LogP contribution in [0.25, 0.3) is 0 Å². The fourth-order valence-electron chi connectivity index (χ4n) is 2.73. The monoisotopic (exact) mass is 618 g/mol. The first-order chi connectivity index (χ1) is 16.3. The molecule has 1 radical (unpaired) electrons. The molecule has 0 aromatic heterocycles. The van der Waals surface area contributed by atoms with Crippen LogP contribution < -0.4 is 0 Å².